The maximum Gasteiger partial charge on any atom is 0.258 e. The first kappa shape index (κ1) is 17.3. The Morgan fingerprint density at radius 1 is 0.654 bits per heavy atom. The number of benzene rings is 3. The summed E-state index contributed by atoms with van der Waals surface area (Å²) in [5, 5.41) is 5.16. The van der Waals surface area contributed by atoms with Crippen LogP contribution in [0.25, 0.3) is 0 Å². The number of anilines is 2. The van der Waals surface area contributed by atoms with Gasteiger partial charge in [-0.15, -0.1) is 0 Å². The standard InChI is InChI=1S/C20H14F2N2O2/c21-13-9-11-14(12-10-13)23-20(26)16-6-2-4-8-18(16)24-19(25)15-5-1-3-7-17(15)22/h1-12H,(H,23,26)(H,24,25). The molecule has 3 aromatic carbocycles. The zero-order chi connectivity index (χ0) is 18.5. The second-order valence-electron chi connectivity index (χ2n) is 5.44. The number of amides is 2. The SMILES string of the molecule is O=C(Nc1ccccc1C(=O)Nc1ccc(F)cc1)c1ccccc1F. The fourth-order valence-electron chi connectivity index (χ4n) is 2.36. The van der Waals surface area contributed by atoms with Crippen LogP contribution >= 0.6 is 0 Å². The molecule has 0 aliphatic carbocycles. The Kier molecular flexibility index (Phi) is 5.03. The minimum Gasteiger partial charge on any atom is -0.322 e. The molecule has 0 spiro atoms. The van der Waals surface area contributed by atoms with Crippen molar-refractivity contribution in [3.63, 3.8) is 0 Å². The smallest absolute Gasteiger partial charge is 0.258 e. The van der Waals surface area contributed by atoms with Crippen LogP contribution in [0.4, 0.5) is 20.2 Å². The second-order valence-corrected chi connectivity index (χ2v) is 5.44. The number of hydrogen-bond acceptors (Lipinski definition) is 2. The molecule has 3 rings (SSSR count). The van der Waals surface area contributed by atoms with Gasteiger partial charge < -0.3 is 10.6 Å². The van der Waals surface area contributed by atoms with Crippen LogP contribution in [0.1, 0.15) is 20.7 Å². The Hall–Kier alpha value is -3.54. The Balaban J connectivity index is 1.81. The van der Waals surface area contributed by atoms with E-state index in [-0.39, 0.29) is 16.8 Å². The van der Waals surface area contributed by atoms with E-state index >= 15 is 0 Å². The molecular formula is C20H14F2N2O2. The van der Waals surface area contributed by atoms with Crippen LogP contribution in [0.15, 0.2) is 72.8 Å². The maximum absolute atomic E-state index is 13.8. The van der Waals surface area contributed by atoms with Crippen molar-refractivity contribution in [1.82, 2.24) is 0 Å². The van der Waals surface area contributed by atoms with Gasteiger partial charge in [0, 0.05) is 5.69 Å². The van der Waals surface area contributed by atoms with Gasteiger partial charge in [-0.2, -0.15) is 0 Å². The van der Waals surface area contributed by atoms with Crippen LogP contribution in [-0.4, -0.2) is 11.8 Å². The van der Waals surface area contributed by atoms with Crippen molar-refractivity contribution in [1.29, 1.82) is 0 Å². The predicted molar refractivity (Wildman–Crippen MR) is 95.1 cm³/mol. The van der Waals surface area contributed by atoms with E-state index in [2.05, 4.69) is 10.6 Å². The normalized spacial score (nSPS) is 10.2. The molecule has 0 unspecified atom stereocenters. The van der Waals surface area contributed by atoms with Crippen molar-refractivity contribution in [2.75, 3.05) is 10.6 Å². The van der Waals surface area contributed by atoms with Gasteiger partial charge in [0.25, 0.3) is 11.8 Å². The van der Waals surface area contributed by atoms with E-state index in [1.807, 2.05) is 0 Å². The third kappa shape index (κ3) is 3.92. The fraction of sp³-hybridized carbons (Fsp3) is 0. The van der Waals surface area contributed by atoms with Gasteiger partial charge in [-0.1, -0.05) is 24.3 Å². The topological polar surface area (TPSA) is 58.2 Å². The van der Waals surface area contributed by atoms with E-state index in [9.17, 15) is 18.4 Å². The summed E-state index contributed by atoms with van der Waals surface area (Å²) in [5.41, 5.74) is 0.717. The van der Waals surface area contributed by atoms with Crippen molar-refractivity contribution in [3.8, 4) is 0 Å². The molecule has 0 heterocycles. The van der Waals surface area contributed by atoms with Crippen molar-refractivity contribution in [2.45, 2.75) is 0 Å². The minimum absolute atomic E-state index is 0.124. The lowest BCUT2D eigenvalue weighted by atomic mass is 10.1. The van der Waals surface area contributed by atoms with Crippen molar-refractivity contribution < 1.29 is 18.4 Å². The third-order valence-electron chi connectivity index (χ3n) is 3.64. The van der Waals surface area contributed by atoms with E-state index in [4.69, 9.17) is 0 Å². The third-order valence-corrected chi connectivity index (χ3v) is 3.64. The molecule has 130 valence electrons. The second kappa shape index (κ2) is 7.57. The Morgan fingerprint density at radius 3 is 1.92 bits per heavy atom. The molecule has 3 aromatic rings. The molecule has 2 amide bonds. The molecule has 0 bridgehead atoms. The van der Waals surface area contributed by atoms with E-state index in [0.29, 0.717) is 5.69 Å². The first-order valence-electron chi connectivity index (χ1n) is 7.76. The maximum atomic E-state index is 13.8. The molecule has 0 radical (unpaired) electrons. The molecule has 0 aliphatic rings. The molecule has 2 N–H and O–H groups in total. The summed E-state index contributed by atoms with van der Waals surface area (Å²) in [6.45, 7) is 0. The minimum atomic E-state index is -0.662. The fourth-order valence-corrected chi connectivity index (χ4v) is 2.36. The van der Waals surface area contributed by atoms with Gasteiger partial charge in [0.05, 0.1) is 16.8 Å². The molecule has 26 heavy (non-hydrogen) atoms. The lowest BCUT2D eigenvalue weighted by Gasteiger charge is -2.12. The molecule has 0 saturated heterocycles. The number of para-hydroxylation sites is 1. The van der Waals surface area contributed by atoms with Crippen LogP contribution in [0.3, 0.4) is 0 Å². The summed E-state index contributed by atoms with van der Waals surface area (Å²) in [4.78, 5) is 24.8. The molecule has 0 atom stereocenters. The Labute approximate surface area is 148 Å². The molecule has 6 heteroatoms. The van der Waals surface area contributed by atoms with Gasteiger partial charge in [-0.25, -0.2) is 8.78 Å². The van der Waals surface area contributed by atoms with E-state index in [1.165, 1.54) is 54.6 Å². The molecular weight excluding hydrogens is 338 g/mol. The van der Waals surface area contributed by atoms with Gasteiger partial charge in [0.1, 0.15) is 11.6 Å². The highest BCUT2D eigenvalue weighted by atomic mass is 19.1. The molecule has 0 aromatic heterocycles. The molecule has 0 fully saturated rings. The quantitative estimate of drug-likeness (QED) is 0.728. The summed E-state index contributed by atoms with van der Waals surface area (Å²) in [5.74, 6) is -2.22. The van der Waals surface area contributed by atoms with Crippen molar-refractivity contribution in [2.24, 2.45) is 0 Å². The summed E-state index contributed by atoms with van der Waals surface area (Å²) >= 11 is 0. The Morgan fingerprint density at radius 2 is 1.23 bits per heavy atom. The van der Waals surface area contributed by atoms with Crippen LogP contribution in [0.2, 0.25) is 0 Å². The highest BCUT2D eigenvalue weighted by molar-refractivity contribution is 6.12. The summed E-state index contributed by atoms with van der Waals surface area (Å²) in [6, 6.07) is 17.2. The van der Waals surface area contributed by atoms with E-state index in [1.54, 1.807) is 18.2 Å². The lowest BCUT2D eigenvalue weighted by Crippen LogP contribution is -2.19. The number of nitrogens with one attached hydrogen (secondary N) is 2. The van der Waals surface area contributed by atoms with Crippen LogP contribution in [-0.2, 0) is 0 Å². The van der Waals surface area contributed by atoms with E-state index < -0.39 is 23.4 Å². The predicted octanol–water partition coefficient (Wildman–Crippen LogP) is 4.47. The monoisotopic (exact) mass is 352 g/mol. The number of halogens is 2. The Bertz CT molecular complexity index is 956. The van der Waals surface area contributed by atoms with Crippen molar-refractivity contribution >= 4 is 23.2 Å². The van der Waals surface area contributed by atoms with Gasteiger partial charge in [0.15, 0.2) is 0 Å². The number of rotatable bonds is 4. The van der Waals surface area contributed by atoms with Gasteiger partial charge in [0.2, 0.25) is 0 Å². The summed E-state index contributed by atoms with van der Waals surface area (Å²) in [7, 11) is 0. The summed E-state index contributed by atoms with van der Waals surface area (Å²) < 4.78 is 26.7. The first-order valence-corrected chi connectivity index (χ1v) is 7.76. The van der Waals surface area contributed by atoms with E-state index in [0.717, 1.165) is 0 Å². The zero-order valence-corrected chi connectivity index (χ0v) is 13.5. The largest absolute Gasteiger partial charge is 0.322 e. The number of hydrogen-bond donors (Lipinski definition) is 2. The first-order chi connectivity index (χ1) is 12.5. The van der Waals surface area contributed by atoms with Gasteiger partial charge in [-0.3, -0.25) is 9.59 Å². The van der Waals surface area contributed by atoms with Crippen LogP contribution in [0, 0.1) is 11.6 Å². The molecule has 0 aliphatic heterocycles. The highest BCUT2D eigenvalue weighted by Crippen LogP contribution is 2.19. The van der Waals surface area contributed by atoms with Crippen molar-refractivity contribution in [3.05, 3.63) is 95.6 Å². The van der Waals surface area contributed by atoms with Crippen LogP contribution < -0.4 is 10.6 Å². The van der Waals surface area contributed by atoms with Crippen LogP contribution in [0.5, 0.6) is 0 Å². The number of carbonyl (C=O) groups is 2. The average Bonchev–Trinajstić information content (AvgIpc) is 2.64. The molecule has 4 nitrogen and oxygen atoms in total. The molecule has 0 saturated carbocycles. The summed E-state index contributed by atoms with van der Waals surface area (Å²) in [6.07, 6.45) is 0. The zero-order valence-electron chi connectivity index (χ0n) is 13.5. The lowest BCUT2D eigenvalue weighted by molar-refractivity contribution is 0.102. The van der Waals surface area contributed by atoms with Gasteiger partial charge in [-0.05, 0) is 48.5 Å². The highest BCUT2D eigenvalue weighted by Gasteiger charge is 2.16. The number of carbonyl (C=O) groups excluding carboxylic acids is 2. The average molecular weight is 352 g/mol. The van der Waals surface area contributed by atoms with Gasteiger partial charge >= 0.3 is 0 Å².